The molecule has 0 aromatic heterocycles. The van der Waals surface area contributed by atoms with Crippen molar-refractivity contribution in [1.82, 2.24) is 4.90 Å². The second kappa shape index (κ2) is 4.26. The number of hydrogen-bond acceptors (Lipinski definition) is 4. The van der Waals surface area contributed by atoms with Crippen LogP contribution >= 0.6 is 0 Å². The van der Waals surface area contributed by atoms with Gasteiger partial charge in [-0.3, -0.25) is 9.69 Å². The van der Waals surface area contributed by atoms with E-state index in [4.69, 9.17) is 12.2 Å². The largest absolute Gasteiger partial charge is 0.469 e. The van der Waals surface area contributed by atoms with Gasteiger partial charge in [-0.25, -0.2) is 0 Å². The maximum Gasteiger partial charge on any atom is 0.311 e. The van der Waals surface area contributed by atoms with Gasteiger partial charge in [0, 0.05) is 19.1 Å². The fourth-order valence-corrected chi connectivity index (χ4v) is 1.57. The van der Waals surface area contributed by atoms with Crippen LogP contribution in [0.3, 0.4) is 0 Å². The monoisotopic (exact) mass is 182 g/mol. The van der Waals surface area contributed by atoms with Crippen molar-refractivity contribution in [3.05, 3.63) is 0 Å². The summed E-state index contributed by atoms with van der Waals surface area (Å²) in [5.41, 5.74) is 5.77. The molecule has 0 amide bonds. The average molecular weight is 182 g/mol. The number of terminal acetylenes is 1. The summed E-state index contributed by atoms with van der Waals surface area (Å²) in [4.78, 5) is 13.2. The fraction of sp³-hybridized carbons (Fsp3) is 0.667. The average Bonchev–Trinajstić information content (AvgIpc) is 2.46. The molecule has 4 heteroatoms. The van der Waals surface area contributed by atoms with E-state index >= 15 is 0 Å². The van der Waals surface area contributed by atoms with Crippen LogP contribution < -0.4 is 5.73 Å². The highest BCUT2D eigenvalue weighted by Crippen LogP contribution is 2.15. The van der Waals surface area contributed by atoms with E-state index < -0.39 is 0 Å². The van der Waals surface area contributed by atoms with Gasteiger partial charge in [0.25, 0.3) is 0 Å². The van der Waals surface area contributed by atoms with Crippen molar-refractivity contribution in [2.45, 2.75) is 6.04 Å². The van der Waals surface area contributed by atoms with Crippen molar-refractivity contribution in [3.8, 4) is 12.3 Å². The number of carbonyl (C=O) groups excluding carboxylic acids is 1. The van der Waals surface area contributed by atoms with E-state index in [1.807, 2.05) is 4.90 Å². The molecule has 4 nitrogen and oxygen atoms in total. The van der Waals surface area contributed by atoms with E-state index in [2.05, 4.69) is 10.7 Å². The van der Waals surface area contributed by atoms with Crippen LogP contribution in [0.25, 0.3) is 0 Å². The Morgan fingerprint density at radius 3 is 3.00 bits per heavy atom. The molecule has 0 bridgehead atoms. The predicted molar refractivity (Wildman–Crippen MR) is 48.8 cm³/mol. The minimum atomic E-state index is -0.243. The van der Waals surface area contributed by atoms with Crippen molar-refractivity contribution in [3.63, 3.8) is 0 Å². The fourth-order valence-electron chi connectivity index (χ4n) is 1.57. The Morgan fingerprint density at radius 1 is 1.77 bits per heavy atom. The number of nitrogens with zero attached hydrogens (tertiary/aromatic N) is 1. The number of methoxy groups -OCH3 is 1. The van der Waals surface area contributed by atoms with Crippen molar-refractivity contribution in [1.29, 1.82) is 0 Å². The number of hydrogen-bond donors (Lipinski definition) is 1. The summed E-state index contributed by atoms with van der Waals surface area (Å²) in [6.07, 6.45) is 5.16. The minimum Gasteiger partial charge on any atom is -0.469 e. The van der Waals surface area contributed by atoms with Gasteiger partial charge in [0.05, 0.1) is 19.6 Å². The van der Waals surface area contributed by atoms with Gasteiger partial charge in [0.1, 0.15) is 0 Å². The van der Waals surface area contributed by atoms with Gasteiger partial charge in [0.2, 0.25) is 0 Å². The van der Waals surface area contributed by atoms with Crippen molar-refractivity contribution >= 4 is 5.97 Å². The lowest BCUT2D eigenvalue weighted by atomic mass is 10.1. The lowest BCUT2D eigenvalue weighted by Crippen LogP contribution is -2.34. The summed E-state index contributed by atoms with van der Waals surface area (Å²) < 4.78 is 4.63. The zero-order valence-corrected chi connectivity index (χ0v) is 7.69. The highest BCUT2D eigenvalue weighted by atomic mass is 16.5. The summed E-state index contributed by atoms with van der Waals surface area (Å²) in [7, 11) is 1.37. The highest BCUT2D eigenvalue weighted by molar-refractivity contribution is 5.73. The first-order valence-electron chi connectivity index (χ1n) is 4.18. The van der Waals surface area contributed by atoms with E-state index in [0.717, 1.165) is 0 Å². The van der Waals surface area contributed by atoms with Crippen molar-refractivity contribution in [2.24, 2.45) is 11.7 Å². The number of nitrogens with two attached hydrogens (primary N) is 1. The van der Waals surface area contributed by atoms with Crippen molar-refractivity contribution in [2.75, 3.05) is 26.7 Å². The molecule has 0 aromatic carbocycles. The lowest BCUT2D eigenvalue weighted by molar-refractivity contribution is -0.145. The summed E-state index contributed by atoms with van der Waals surface area (Å²) in [5.74, 6) is 2.06. The molecule has 1 fully saturated rings. The molecule has 2 atom stereocenters. The molecular weight excluding hydrogens is 168 g/mol. The predicted octanol–water partition coefficient (Wildman–Crippen LogP) is -0.948. The molecule has 1 aliphatic rings. The molecule has 0 aliphatic carbocycles. The number of rotatable bonds is 2. The van der Waals surface area contributed by atoms with Crippen LogP contribution in [-0.2, 0) is 9.53 Å². The summed E-state index contributed by atoms with van der Waals surface area (Å²) in [6, 6.07) is -0.152. The molecule has 0 radical (unpaired) electrons. The third-order valence-corrected chi connectivity index (χ3v) is 2.26. The Kier molecular flexibility index (Phi) is 3.29. The second-order valence-electron chi connectivity index (χ2n) is 3.19. The zero-order chi connectivity index (χ0) is 9.84. The van der Waals surface area contributed by atoms with Gasteiger partial charge >= 0.3 is 5.97 Å². The van der Waals surface area contributed by atoms with Gasteiger partial charge in [-0.15, -0.1) is 6.42 Å². The molecule has 1 saturated heterocycles. The molecule has 1 aliphatic heterocycles. The van der Waals surface area contributed by atoms with E-state index in [1.165, 1.54) is 7.11 Å². The first-order valence-corrected chi connectivity index (χ1v) is 4.18. The van der Waals surface area contributed by atoms with Crippen LogP contribution in [0.5, 0.6) is 0 Å². The molecular formula is C9H14N2O2. The second-order valence-corrected chi connectivity index (χ2v) is 3.19. The summed E-state index contributed by atoms with van der Waals surface area (Å²) >= 11 is 0. The zero-order valence-electron chi connectivity index (χ0n) is 7.69. The Labute approximate surface area is 78.0 Å². The van der Waals surface area contributed by atoms with Crippen LogP contribution in [0.4, 0.5) is 0 Å². The Hall–Kier alpha value is -1.05. The molecule has 72 valence electrons. The van der Waals surface area contributed by atoms with Gasteiger partial charge in [-0.05, 0) is 0 Å². The SMILES string of the molecule is C#CCN1CC(N)C(C(=O)OC)C1. The van der Waals surface area contributed by atoms with Gasteiger partial charge in [-0.2, -0.15) is 0 Å². The lowest BCUT2D eigenvalue weighted by Gasteiger charge is -2.10. The van der Waals surface area contributed by atoms with E-state index in [0.29, 0.717) is 19.6 Å². The normalized spacial score (nSPS) is 28.4. The van der Waals surface area contributed by atoms with Crippen LogP contribution in [-0.4, -0.2) is 43.7 Å². The van der Waals surface area contributed by atoms with Crippen molar-refractivity contribution < 1.29 is 9.53 Å². The maximum atomic E-state index is 11.2. The minimum absolute atomic E-state index is 0.152. The van der Waals surface area contributed by atoms with Gasteiger partial charge in [0.15, 0.2) is 0 Å². The number of carbonyl (C=O) groups is 1. The quantitative estimate of drug-likeness (QED) is 0.442. The number of likely N-dealkylation sites (tertiary alicyclic amines) is 1. The molecule has 1 rings (SSSR count). The molecule has 2 unspecified atom stereocenters. The molecule has 0 saturated carbocycles. The van der Waals surface area contributed by atoms with Crippen LogP contribution in [0, 0.1) is 18.3 Å². The topological polar surface area (TPSA) is 55.6 Å². The molecule has 2 N–H and O–H groups in total. The van der Waals surface area contributed by atoms with Gasteiger partial charge in [-0.1, -0.05) is 5.92 Å². The smallest absolute Gasteiger partial charge is 0.311 e. The van der Waals surface area contributed by atoms with Crippen LogP contribution in [0.1, 0.15) is 0 Å². The van der Waals surface area contributed by atoms with E-state index in [-0.39, 0.29) is 17.9 Å². The maximum absolute atomic E-state index is 11.2. The summed E-state index contributed by atoms with van der Waals surface area (Å²) in [6.45, 7) is 1.82. The van der Waals surface area contributed by atoms with Crippen LogP contribution in [0.2, 0.25) is 0 Å². The Morgan fingerprint density at radius 2 is 2.46 bits per heavy atom. The standard InChI is InChI=1S/C9H14N2O2/c1-3-4-11-5-7(8(10)6-11)9(12)13-2/h1,7-8H,4-6,10H2,2H3. The molecule has 1 heterocycles. The highest BCUT2D eigenvalue weighted by Gasteiger charge is 2.35. The summed E-state index contributed by atoms with van der Waals surface area (Å²) in [5, 5.41) is 0. The number of ether oxygens (including phenoxy) is 1. The van der Waals surface area contributed by atoms with Gasteiger partial charge < -0.3 is 10.5 Å². The molecule has 0 spiro atoms. The molecule has 13 heavy (non-hydrogen) atoms. The third kappa shape index (κ3) is 2.20. The number of esters is 1. The Balaban J connectivity index is 2.52. The Bertz CT molecular complexity index is 234. The van der Waals surface area contributed by atoms with E-state index in [1.54, 1.807) is 0 Å². The molecule has 0 aromatic rings. The first kappa shape index (κ1) is 10.0. The van der Waals surface area contributed by atoms with Crippen LogP contribution in [0.15, 0.2) is 0 Å². The first-order chi connectivity index (χ1) is 6.19. The third-order valence-electron chi connectivity index (χ3n) is 2.26. The van der Waals surface area contributed by atoms with E-state index in [9.17, 15) is 4.79 Å².